The lowest BCUT2D eigenvalue weighted by Crippen LogP contribution is -3.00. The molecule has 0 saturated heterocycles. The molecular weight excluding hydrogens is 500 g/mol. The van der Waals surface area contributed by atoms with Crippen LogP contribution in [0.2, 0.25) is 0 Å². The van der Waals surface area contributed by atoms with Gasteiger partial charge in [-0.15, -0.1) is 0 Å². The van der Waals surface area contributed by atoms with Gasteiger partial charge in [0.25, 0.3) is 0 Å². The van der Waals surface area contributed by atoms with Crippen molar-refractivity contribution in [2.75, 3.05) is 0 Å². The van der Waals surface area contributed by atoms with E-state index >= 15 is 0 Å². The highest BCUT2D eigenvalue weighted by Crippen LogP contribution is 2.33. The fourth-order valence-corrected chi connectivity index (χ4v) is 4.51. The van der Waals surface area contributed by atoms with Crippen molar-refractivity contribution in [3.63, 3.8) is 0 Å². The summed E-state index contributed by atoms with van der Waals surface area (Å²) in [5, 5.41) is 3.32. The van der Waals surface area contributed by atoms with E-state index in [2.05, 4.69) is 28.8 Å². The van der Waals surface area contributed by atoms with Crippen LogP contribution in [-0.4, -0.2) is 10.4 Å². The van der Waals surface area contributed by atoms with Crippen LogP contribution in [0.25, 0.3) is 33.1 Å². The van der Waals surface area contributed by atoms with E-state index in [0.717, 1.165) is 44.2 Å². The molecule has 0 amide bonds. The van der Waals surface area contributed by atoms with Crippen LogP contribution in [0, 0.1) is 0 Å². The van der Waals surface area contributed by atoms with E-state index in [1.54, 1.807) is 0 Å². The van der Waals surface area contributed by atoms with Crippen LogP contribution in [0.1, 0.15) is 15.9 Å². The van der Waals surface area contributed by atoms with E-state index in [4.69, 9.17) is 4.42 Å². The van der Waals surface area contributed by atoms with Gasteiger partial charge in [0.2, 0.25) is 12.1 Å². The normalized spacial score (nSPS) is 11.0. The number of hydrogen-bond donors (Lipinski definition) is 0. The van der Waals surface area contributed by atoms with Crippen LogP contribution in [0.5, 0.6) is 0 Å². The Balaban J connectivity index is 0.00000253. The van der Waals surface area contributed by atoms with Gasteiger partial charge in [0.15, 0.2) is 6.54 Å². The Bertz CT molecular complexity index is 1630. The zero-order valence-electron chi connectivity index (χ0n) is 19.0. The Labute approximate surface area is 213 Å². The molecule has 0 atom stereocenters. The van der Waals surface area contributed by atoms with Gasteiger partial charge in [-0.25, -0.2) is 9.13 Å². The lowest BCUT2D eigenvalue weighted by Gasteiger charge is -2.02. The monoisotopic (exact) mass is 522 g/mol. The summed E-state index contributed by atoms with van der Waals surface area (Å²) >= 11 is 0. The summed E-state index contributed by atoms with van der Waals surface area (Å²) in [6.07, 6.45) is 5.93. The number of hydrogen-bond acceptors (Lipinski definition) is 2. The fourth-order valence-electron chi connectivity index (χ4n) is 4.51. The molecule has 0 unspecified atom stereocenters. The number of aromatic nitrogens is 2. The Morgan fingerprint density at radius 1 is 0.829 bits per heavy atom. The third-order valence-electron chi connectivity index (χ3n) is 6.22. The minimum absolute atomic E-state index is 0. The largest absolute Gasteiger partial charge is 1.00 e. The lowest BCUT2D eigenvalue weighted by atomic mass is 10.0. The number of carbonyl (C=O) groups excluding carboxylic acids is 1. The fraction of sp³-hybridized carbons (Fsp3) is 0.0667. The molecule has 0 fully saturated rings. The molecule has 5 heteroatoms. The predicted octanol–water partition coefficient (Wildman–Crippen LogP) is 3.28. The van der Waals surface area contributed by atoms with Gasteiger partial charge in [0.05, 0.1) is 0 Å². The average Bonchev–Trinajstić information content (AvgIpc) is 3.49. The summed E-state index contributed by atoms with van der Waals surface area (Å²) < 4.78 is 10.3. The summed E-state index contributed by atoms with van der Waals surface area (Å²) in [5.41, 5.74) is 3.79. The molecule has 35 heavy (non-hydrogen) atoms. The van der Waals surface area contributed by atoms with Gasteiger partial charge < -0.3 is 21.4 Å². The Kier molecular flexibility index (Phi) is 6.34. The first-order valence-electron chi connectivity index (χ1n) is 11.4. The molecule has 2 aromatic heterocycles. The Morgan fingerprint density at radius 2 is 1.57 bits per heavy atom. The molecule has 4 aromatic carbocycles. The van der Waals surface area contributed by atoms with Crippen molar-refractivity contribution in [1.29, 1.82) is 0 Å². The van der Waals surface area contributed by atoms with Gasteiger partial charge in [-0.2, -0.15) is 0 Å². The zero-order valence-corrected chi connectivity index (χ0v) is 20.6. The molecule has 6 rings (SSSR count). The van der Waals surface area contributed by atoms with Crippen molar-refractivity contribution in [2.45, 2.75) is 13.1 Å². The second kappa shape index (κ2) is 9.72. The minimum atomic E-state index is 0. The summed E-state index contributed by atoms with van der Waals surface area (Å²) in [6, 6.07) is 32.3. The standard InChI is InChI=1S/C30H23N2O2.BrH/c33-28(25-15-14-22-8-4-5-11-24(22)18-25)20-32-17-16-31(21-32)19-27-26-12-6-7-13-29(26)34-30(27)23-9-2-1-3-10-23;/h1-18,21H,19-20H2;1H/q+1;/p-1. The van der Waals surface area contributed by atoms with Crippen molar-refractivity contribution in [3.8, 4) is 11.3 Å². The highest BCUT2D eigenvalue weighted by molar-refractivity contribution is 5.99. The van der Waals surface area contributed by atoms with Crippen molar-refractivity contribution in [1.82, 2.24) is 4.57 Å². The summed E-state index contributed by atoms with van der Waals surface area (Å²) in [7, 11) is 0. The first-order valence-corrected chi connectivity index (χ1v) is 11.4. The van der Waals surface area contributed by atoms with Crippen molar-refractivity contribution in [3.05, 3.63) is 127 Å². The zero-order chi connectivity index (χ0) is 22.9. The van der Waals surface area contributed by atoms with Crippen molar-refractivity contribution in [2.24, 2.45) is 0 Å². The van der Waals surface area contributed by atoms with Crippen molar-refractivity contribution >= 4 is 27.5 Å². The number of imidazole rings is 1. The smallest absolute Gasteiger partial charge is 0.244 e. The Morgan fingerprint density at radius 3 is 2.43 bits per heavy atom. The number of carbonyl (C=O) groups is 1. The lowest BCUT2D eigenvalue weighted by molar-refractivity contribution is -0.687. The molecule has 6 aromatic rings. The summed E-state index contributed by atoms with van der Waals surface area (Å²) in [4.78, 5) is 13.0. The van der Waals surface area contributed by atoms with Gasteiger partial charge >= 0.3 is 0 Å². The number of fused-ring (bicyclic) bond motifs is 2. The third kappa shape index (κ3) is 4.55. The van der Waals surface area contributed by atoms with Gasteiger partial charge in [-0.3, -0.25) is 4.79 Å². The number of para-hydroxylation sites is 1. The van der Waals surface area contributed by atoms with E-state index in [1.165, 1.54) is 0 Å². The van der Waals surface area contributed by atoms with Crippen LogP contribution >= 0.6 is 0 Å². The molecule has 0 bridgehead atoms. The van der Waals surface area contributed by atoms with Gasteiger partial charge in [0.1, 0.15) is 30.3 Å². The first-order chi connectivity index (χ1) is 16.7. The maximum absolute atomic E-state index is 13.0. The van der Waals surface area contributed by atoms with Crippen LogP contribution in [0.3, 0.4) is 0 Å². The van der Waals surface area contributed by atoms with Crippen LogP contribution in [-0.2, 0) is 13.1 Å². The summed E-state index contributed by atoms with van der Waals surface area (Å²) in [6.45, 7) is 0.946. The predicted molar refractivity (Wildman–Crippen MR) is 134 cm³/mol. The maximum Gasteiger partial charge on any atom is 0.244 e. The van der Waals surface area contributed by atoms with E-state index in [1.807, 2.05) is 96.1 Å². The van der Waals surface area contributed by atoms with Gasteiger partial charge in [0, 0.05) is 22.1 Å². The quantitative estimate of drug-likeness (QED) is 0.249. The summed E-state index contributed by atoms with van der Waals surface area (Å²) in [5.74, 6) is 0.974. The second-order valence-electron chi connectivity index (χ2n) is 8.52. The van der Waals surface area contributed by atoms with Crippen LogP contribution in [0.15, 0.2) is 120 Å². The molecule has 4 nitrogen and oxygen atoms in total. The number of rotatable bonds is 6. The molecule has 0 aliphatic heterocycles. The SMILES string of the molecule is O=C(Cn1cc[n+](Cc2c(-c3ccccc3)oc3ccccc23)c1)c1ccc2ccccc2c1.[Br-]. The molecule has 0 aliphatic rings. The number of ketones is 1. The maximum atomic E-state index is 13.0. The average molecular weight is 523 g/mol. The highest BCUT2D eigenvalue weighted by Gasteiger charge is 2.19. The van der Waals surface area contributed by atoms with E-state index < -0.39 is 0 Å². The first kappa shape index (κ1) is 22.8. The van der Waals surface area contributed by atoms with Gasteiger partial charge in [-0.05, 0) is 22.9 Å². The molecule has 0 spiro atoms. The molecular formula is C30H23BrN2O2. The van der Waals surface area contributed by atoms with Crippen molar-refractivity contribution < 1.29 is 30.8 Å². The van der Waals surface area contributed by atoms with E-state index in [9.17, 15) is 4.79 Å². The highest BCUT2D eigenvalue weighted by atomic mass is 79.9. The molecule has 172 valence electrons. The molecule has 0 saturated carbocycles. The molecule has 2 heterocycles. The number of furan rings is 1. The number of nitrogens with zero attached hydrogens (tertiary/aromatic N) is 2. The van der Waals surface area contributed by atoms with E-state index in [-0.39, 0.29) is 22.8 Å². The Hall–Kier alpha value is -3.96. The number of Topliss-reactive ketones (excluding diaryl/α,β-unsaturated/α-hetero) is 1. The molecule has 0 aliphatic carbocycles. The third-order valence-corrected chi connectivity index (χ3v) is 6.22. The van der Waals surface area contributed by atoms with E-state index in [0.29, 0.717) is 13.1 Å². The second-order valence-corrected chi connectivity index (χ2v) is 8.52. The van der Waals surface area contributed by atoms with Gasteiger partial charge in [-0.1, -0.05) is 84.9 Å². The minimum Gasteiger partial charge on any atom is -1.00 e. The number of halogens is 1. The number of benzene rings is 4. The molecule has 0 N–H and O–H groups in total. The van der Waals surface area contributed by atoms with Crippen LogP contribution in [0.4, 0.5) is 0 Å². The molecule has 0 radical (unpaired) electrons. The topological polar surface area (TPSA) is 39.0 Å². The van der Waals surface area contributed by atoms with Crippen LogP contribution < -0.4 is 21.5 Å².